The van der Waals surface area contributed by atoms with Gasteiger partial charge in [-0.15, -0.1) is 0 Å². The summed E-state index contributed by atoms with van der Waals surface area (Å²) in [5, 5.41) is 13.2. The van der Waals surface area contributed by atoms with Crippen LogP contribution >= 0.6 is 0 Å². The van der Waals surface area contributed by atoms with Crippen LogP contribution < -0.4 is 10.9 Å². The largest absolute Gasteiger partial charge is 0.481 e. The Morgan fingerprint density at radius 2 is 1.88 bits per heavy atom. The number of hydrogen-bond donors (Lipinski definition) is 3. The molecule has 2 aromatic rings. The number of rotatable bonds is 3. The second-order valence-corrected chi connectivity index (χ2v) is 8.22. The van der Waals surface area contributed by atoms with Gasteiger partial charge < -0.3 is 14.9 Å². The van der Waals surface area contributed by atoms with Gasteiger partial charge in [0.15, 0.2) is 9.84 Å². The number of hydrogen-bond acceptors (Lipinski definition) is 6. The first-order valence-electron chi connectivity index (χ1n) is 8.08. The maximum absolute atomic E-state index is 11.5. The first kappa shape index (κ1) is 19.9. The Hall–Kier alpha value is -2.39. The number of aromatic amines is 1. The summed E-state index contributed by atoms with van der Waals surface area (Å²) in [4.78, 5) is 20.5. The molecule has 1 fully saturated rings. The lowest BCUT2D eigenvalue weighted by molar-refractivity contribution is -0.134. The van der Waals surface area contributed by atoms with Crippen molar-refractivity contribution in [1.29, 1.82) is 0 Å². The van der Waals surface area contributed by atoms with Crippen LogP contribution in [0.25, 0.3) is 0 Å². The molecular formula is C17H22N2O6S. The van der Waals surface area contributed by atoms with Gasteiger partial charge in [0.25, 0.3) is 11.5 Å². The Balaban J connectivity index is 0.000000552. The van der Waals surface area contributed by atoms with Gasteiger partial charge in [-0.05, 0) is 37.1 Å². The fourth-order valence-electron chi connectivity index (χ4n) is 2.88. The lowest BCUT2D eigenvalue weighted by atomic mass is 9.87. The highest BCUT2D eigenvalue weighted by Crippen LogP contribution is 2.33. The lowest BCUT2D eigenvalue weighted by Gasteiger charge is -2.29. The van der Waals surface area contributed by atoms with Crippen LogP contribution in [-0.4, -0.2) is 37.5 Å². The van der Waals surface area contributed by atoms with E-state index in [1.807, 2.05) is 12.1 Å². The third kappa shape index (κ3) is 5.57. The van der Waals surface area contributed by atoms with E-state index in [1.165, 1.54) is 12.3 Å². The normalized spacial score (nSPS) is 20.1. The number of benzene rings is 1. The Kier molecular flexibility index (Phi) is 6.38. The van der Waals surface area contributed by atoms with Gasteiger partial charge >= 0.3 is 0 Å². The van der Waals surface area contributed by atoms with Crippen LogP contribution in [0, 0.1) is 0 Å². The van der Waals surface area contributed by atoms with E-state index in [-0.39, 0.29) is 17.5 Å². The molecule has 1 aromatic carbocycles. The lowest BCUT2D eigenvalue weighted by Crippen LogP contribution is -2.30. The molecular weight excluding hydrogens is 360 g/mol. The summed E-state index contributed by atoms with van der Waals surface area (Å²) in [6.07, 6.45) is 2.91. The highest BCUT2D eigenvalue weighted by atomic mass is 32.2. The minimum absolute atomic E-state index is 0.118. The molecule has 1 aliphatic rings. The topological polar surface area (TPSA) is 129 Å². The van der Waals surface area contributed by atoms with Crippen molar-refractivity contribution < 1.29 is 22.8 Å². The predicted octanol–water partition coefficient (Wildman–Crippen LogP) is 1.67. The Labute approximate surface area is 151 Å². The molecule has 0 bridgehead atoms. The van der Waals surface area contributed by atoms with Gasteiger partial charge in [0.2, 0.25) is 0 Å². The van der Waals surface area contributed by atoms with E-state index in [9.17, 15) is 13.2 Å². The molecule has 0 amide bonds. The molecule has 1 saturated heterocycles. The maximum Gasteiger partial charge on any atom is 0.300 e. The minimum atomic E-state index is -3.18. The summed E-state index contributed by atoms with van der Waals surface area (Å²) in [5.74, 6) is 0.0315. The monoisotopic (exact) mass is 382 g/mol. The van der Waals surface area contributed by atoms with E-state index in [0.717, 1.165) is 31.9 Å². The molecule has 3 rings (SSSR count). The molecule has 26 heavy (non-hydrogen) atoms. The van der Waals surface area contributed by atoms with Crippen LogP contribution in [0.1, 0.15) is 43.0 Å². The zero-order valence-electron chi connectivity index (χ0n) is 14.6. The number of aromatic nitrogens is 1. The molecule has 0 aliphatic carbocycles. The van der Waals surface area contributed by atoms with Gasteiger partial charge in [0.05, 0.1) is 4.90 Å². The molecule has 0 saturated carbocycles. The third-order valence-corrected chi connectivity index (χ3v) is 5.19. The SMILES string of the molecule is CC(=O)O.CS(=O)(=O)c1ccc([C@H]2C[C@@H](c3cc(=O)[nH]o3)CCN2)cc1. The number of sulfone groups is 1. The van der Waals surface area contributed by atoms with Crippen molar-refractivity contribution in [3.05, 3.63) is 52.0 Å². The smallest absolute Gasteiger partial charge is 0.300 e. The van der Waals surface area contributed by atoms with Crippen molar-refractivity contribution >= 4 is 15.8 Å². The number of nitrogens with one attached hydrogen (secondary N) is 2. The van der Waals surface area contributed by atoms with Crippen LogP contribution in [0.4, 0.5) is 0 Å². The molecule has 1 aliphatic heterocycles. The van der Waals surface area contributed by atoms with Crippen molar-refractivity contribution in [1.82, 2.24) is 10.5 Å². The van der Waals surface area contributed by atoms with E-state index >= 15 is 0 Å². The summed E-state index contributed by atoms with van der Waals surface area (Å²) in [5.41, 5.74) is 0.817. The van der Waals surface area contributed by atoms with Gasteiger partial charge in [-0.3, -0.25) is 9.59 Å². The summed E-state index contributed by atoms with van der Waals surface area (Å²) < 4.78 is 28.2. The van der Waals surface area contributed by atoms with Crippen LogP contribution in [0.5, 0.6) is 0 Å². The number of carboxylic acids is 1. The average molecular weight is 382 g/mol. The van der Waals surface area contributed by atoms with Crippen LogP contribution in [0.2, 0.25) is 0 Å². The van der Waals surface area contributed by atoms with Gasteiger partial charge in [0, 0.05) is 31.2 Å². The van der Waals surface area contributed by atoms with Crippen molar-refractivity contribution in [3.63, 3.8) is 0 Å². The molecule has 9 heteroatoms. The van der Waals surface area contributed by atoms with Crippen LogP contribution in [0.3, 0.4) is 0 Å². The maximum atomic E-state index is 11.5. The van der Waals surface area contributed by atoms with Crippen LogP contribution in [0.15, 0.2) is 44.5 Å². The van der Waals surface area contributed by atoms with E-state index in [0.29, 0.717) is 10.7 Å². The van der Waals surface area contributed by atoms with Crippen molar-refractivity contribution in [2.24, 2.45) is 0 Å². The standard InChI is InChI=1S/C15H18N2O4S.C2H4O2/c1-22(19,20)12-4-2-10(3-5-12)13-8-11(6-7-16-13)14-9-15(18)17-21-14;1-2(3)4/h2-5,9,11,13,16H,6-8H2,1H3,(H,17,18);1H3,(H,3,4)/t11-,13+;/m0./s1. The third-order valence-electron chi connectivity index (χ3n) is 4.06. The quantitative estimate of drug-likeness (QED) is 0.736. The fraction of sp³-hybridized carbons (Fsp3) is 0.412. The summed E-state index contributed by atoms with van der Waals surface area (Å²) in [6.45, 7) is 1.90. The van der Waals surface area contributed by atoms with Gasteiger partial charge in [-0.2, -0.15) is 5.16 Å². The predicted molar refractivity (Wildman–Crippen MR) is 94.9 cm³/mol. The number of piperidine rings is 1. The summed E-state index contributed by atoms with van der Waals surface area (Å²) in [7, 11) is -3.18. The van der Waals surface area contributed by atoms with Crippen molar-refractivity contribution in [3.8, 4) is 0 Å². The van der Waals surface area contributed by atoms with E-state index < -0.39 is 15.8 Å². The molecule has 0 radical (unpaired) electrons. The number of aliphatic carboxylic acids is 1. The Bertz CT molecular complexity index is 894. The minimum Gasteiger partial charge on any atom is -0.481 e. The molecule has 1 aromatic heterocycles. The Morgan fingerprint density at radius 3 is 2.38 bits per heavy atom. The molecule has 0 spiro atoms. The van der Waals surface area contributed by atoms with Crippen molar-refractivity contribution in [2.45, 2.75) is 36.6 Å². The molecule has 8 nitrogen and oxygen atoms in total. The van der Waals surface area contributed by atoms with Gasteiger partial charge in [-0.1, -0.05) is 12.1 Å². The zero-order valence-corrected chi connectivity index (χ0v) is 15.4. The van der Waals surface area contributed by atoms with E-state index in [2.05, 4.69) is 10.5 Å². The molecule has 3 N–H and O–H groups in total. The molecule has 2 atom stereocenters. The number of carboxylic acid groups (broad SMARTS) is 1. The van der Waals surface area contributed by atoms with Gasteiger partial charge in [-0.25, -0.2) is 8.42 Å². The molecule has 0 unspecified atom stereocenters. The van der Waals surface area contributed by atoms with Crippen molar-refractivity contribution in [2.75, 3.05) is 12.8 Å². The Morgan fingerprint density at radius 1 is 1.27 bits per heavy atom. The second kappa shape index (κ2) is 8.33. The number of H-pyrrole nitrogens is 1. The molecule has 142 valence electrons. The van der Waals surface area contributed by atoms with Gasteiger partial charge in [0.1, 0.15) is 5.76 Å². The highest BCUT2D eigenvalue weighted by Gasteiger charge is 2.26. The van der Waals surface area contributed by atoms with E-state index in [1.54, 1.807) is 12.1 Å². The first-order chi connectivity index (χ1) is 12.2. The second-order valence-electron chi connectivity index (χ2n) is 6.20. The number of carbonyl (C=O) groups is 1. The van der Waals surface area contributed by atoms with E-state index in [4.69, 9.17) is 14.4 Å². The zero-order chi connectivity index (χ0) is 19.3. The van der Waals surface area contributed by atoms with Crippen LogP contribution in [-0.2, 0) is 14.6 Å². The summed E-state index contributed by atoms with van der Waals surface area (Å²) >= 11 is 0. The summed E-state index contributed by atoms with van der Waals surface area (Å²) in [6, 6.07) is 8.55. The fourth-order valence-corrected chi connectivity index (χ4v) is 3.51. The highest BCUT2D eigenvalue weighted by molar-refractivity contribution is 7.90. The first-order valence-corrected chi connectivity index (χ1v) is 9.97. The average Bonchev–Trinajstić information content (AvgIpc) is 3.00. The molecule has 2 heterocycles.